The molecule has 1 atom stereocenters. The molecule has 1 saturated carbocycles. The first-order valence-corrected chi connectivity index (χ1v) is 8.02. The lowest BCUT2D eigenvalue weighted by molar-refractivity contribution is -0.114. The van der Waals surface area contributed by atoms with Gasteiger partial charge in [0.2, 0.25) is 0 Å². The number of guanidine groups is 1. The van der Waals surface area contributed by atoms with Gasteiger partial charge in [-0.3, -0.25) is 9.80 Å². The minimum Gasteiger partial charge on any atom is -0.370 e. The van der Waals surface area contributed by atoms with Crippen LogP contribution in [0.2, 0.25) is 0 Å². The molecule has 1 unspecified atom stereocenters. The zero-order valence-electron chi connectivity index (χ0n) is 13.1. The van der Waals surface area contributed by atoms with E-state index in [4.69, 9.17) is 11.5 Å². The van der Waals surface area contributed by atoms with Gasteiger partial charge in [0.05, 0.1) is 17.3 Å². The summed E-state index contributed by atoms with van der Waals surface area (Å²) in [6.07, 6.45) is 3.92. The minimum absolute atomic E-state index is 0.0496. The Kier molecular flexibility index (Phi) is 3.37. The van der Waals surface area contributed by atoms with Crippen LogP contribution in [0.1, 0.15) is 12.8 Å². The summed E-state index contributed by atoms with van der Waals surface area (Å²) >= 11 is 0. The molecule has 6 heteroatoms. The summed E-state index contributed by atoms with van der Waals surface area (Å²) in [4.78, 5) is 16.1. The van der Waals surface area contributed by atoms with Gasteiger partial charge in [0, 0.05) is 11.6 Å². The number of hydrazine groups is 1. The van der Waals surface area contributed by atoms with Crippen molar-refractivity contribution in [3.8, 4) is 0 Å². The van der Waals surface area contributed by atoms with Gasteiger partial charge in [-0.1, -0.05) is 36.4 Å². The Balaban J connectivity index is 1.74. The first-order valence-electron chi connectivity index (χ1n) is 8.02. The molecule has 6 nitrogen and oxygen atoms in total. The third kappa shape index (κ3) is 2.46. The van der Waals surface area contributed by atoms with E-state index < -0.39 is 0 Å². The number of anilines is 1. The Morgan fingerprint density at radius 3 is 2.62 bits per heavy atom. The molecule has 5 N–H and O–H groups in total. The smallest absolute Gasteiger partial charge is 0.279 e. The number of nitrogens with two attached hydrogens (primary N) is 2. The van der Waals surface area contributed by atoms with Crippen molar-refractivity contribution >= 4 is 28.3 Å². The van der Waals surface area contributed by atoms with Crippen molar-refractivity contribution in [3.63, 3.8) is 0 Å². The highest BCUT2D eigenvalue weighted by Gasteiger charge is 2.43. The van der Waals surface area contributed by atoms with Crippen molar-refractivity contribution in [1.29, 1.82) is 0 Å². The number of nitrogens with zero attached hydrogens (tertiary/aromatic N) is 2. The SMILES string of the molecule is NC(N)=NC(=O)C1=CNN(c2cccc3ccccc23)C1C1CC1. The van der Waals surface area contributed by atoms with E-state index in [1.54, 1.807) is 6.20 Å². The average molecular weight is 321 g/mol. The molecule has 4 rings (SSSR count). The number of hydrogen-bond donors (Lipinski definition) is 3. The van der Waals surface area contributed by atoms with Crippen LogP contribution in [-0.2, 0) is 4.79 Å². The molecule has 0 radical (unpaired) electrons. The number of carbonyl (C=O) groups excluding carboxylic acids is 1. The molecule has 2 aromatic carbocycles. The van der Waals surface area contributed by atoms with E-state index in [1.807, 2.05) is 18.2 Å². The predicted molar refractivity (Wildman–Crippen MR) is 95.0 cm³/mol. The van der Waals surface area contributed by atoms with Gasteiger partial charge in [0.25, 0.3) is 5.91 Å². The topological polar surface area (TPSA) is 96.7 Å². The predicted octanol–water partition coefficient (Wildman–Crippen LogP) is 1.63. The van der Waals surface area contributed by atoms with Crippen molar-refractivity contribution in [2.24, 2.45) is 22.4 Å². The Labute approximate surface area is 139 Å². The van der Waals surface area contributed by atoms with E-state index >= 15 is 0 Å². The molecule has 2 aliphatic rings. The van der Waals surface area contributed by atoms with Crippen LogP contribution in [0.4, 0.5) is 5.69 Å². The van der Waals surface area contributed by atoms with Crippen LogP contribution in [0.5, 0.6) is 0 Å². The zero-order chi connectivity index (χ0) is 16.7. The molecule has 122 valence electrons. The van der Waals surface area contributed by atoms with Gasteiger partial charge in [-0.05, 0) is 30.2 Å². The minimum atomic E-state index is -0.373. The van der Waals surface area contributed by atoms with Gasteiger partial charge in [-0.2, -0.15) is 4.99 Å². The maximum absolute atomic E-state index is 12.4. The molecule has 1 amide bonds. The quantitative estimate of drug-likeness (QED) is 0.590. The molecule has 1 aliphatic heterocycles. The van der Waals surface area contributed by atoms with Crippen LogP contribution < -0.4 is 21.9 Å². The van der Waals surface area contributed by atoms with Crippen molar-refractivity contribution in [2.45, 2.75) is 18.9 Å². The zero-order valence-corrected chi connectivity index (χ0v) is 13.1. The first-order chi connectivity index (χ1) is 11.6. The fourth-order valence-electron chi connectivity index (χ4n) is 3.33. The second kappa shape index (κ2) is 5.56. The van der Waals surface area contributed by atoms with Gasteiger partial charge in [-0.15, -0.1) is 0 Å². The number of aliphatic imine (C=N–C) groups is 1. The van der Waals surface area contributed by atoms with E-state index in [0.29, 0.717) is 11.5 Å². The molecule has 24 heavy (non-hydrogen) atoms. The molecule has 1 fully saturated rings. The largest absolute Gasteiger partial charge is 0.370 e. The number of rotatable bonds is 3. The second-order valence-electron chi connectivity index (χ2n) is 6.22. The molecule has 1 heterocycles. The van der Waals surface area contributed by atoms with Crippen molar-refractivity contribution in [1.82, 2.24) is 5.43 Å². The summed E-state index contributed by atoms with van der Waals surface area (Å²) in [7, 11) is 0. The number of hydrogen-bond acceptors (Lipinski definition) is 3. The summed E-state index contributed by atoms with van der Waals surface area (Å²) in [5, 5.41) is 4.37. The van der Waals surface area contributed by atoms with Gasteiger partial charge in [0.1, 0.15) is 0 Å². The molecule has 1 aliphatic carbocycles. The molecule has 0 aromatic heterocycles. The van der Waals surface area contributed by atoms with Crippen LogP contribution in [-0.4, -0.2) is 17.9 Å². The lowest BCUT2D eigenvalue weighted by atomic mass is 10.0. The average Bonchev–Trinajstić information content (AvgIpc) is 3.32. The molecular formula is C18H19N5O. The summed E-state index contributed by atoms with van der Waals surface area (Å²) in [5.41, 5.74) is 15.6. The van der Waals surface area contributed by atoms with E-state index in [0.717, 1.165) is 29.3 Å². The fourth-order valence-corrected chi connectivity index (χ4v) is 3.33. The molecule has 0 bridgehead atoms. The van der Waals surface area contributed by atoms with Crippen molar-refractivity contribution < 1.29 is 4.79 Å². The Morgan fingerprint density at radius 2 is 1.88 bits per heavy atom. The summed E-state index contributed by atoms with van der Waals surface area (Å²) in [6, 6.07) is 14.3. The van der Waals surface area contributed by atoms with Gasteiger partial charge >= 0.3 is 0 Å². The summed E-state index contributed by atoms with van der Waals surface area (Å²) in [5.74, 6) is -0.149. The van der Waals surface area contributed by atoms with Gasteiger partial charge < -0.3 is 16.9 Å². The fraction of sp³-hybridized carbons (Fsp3) is 0.222. The monoisotopic (exact) mass is 321 g/mol. The first kappa shape index (κ1) is 14.6. The van der Waals surface area contributed by atoms with E-state index in [1.165, 1.54) is 0 Å². The second-order valence-corrected chi connectivity index (χ2v) is 6.22. The van der Waals surface area contributed by atoms with Crippen molar-refractivity contribution in [3.05, 3.63) is 54.2 Å². The Morgan fingerprint density at radius 1 is 1.12 bits per heavy atom. The highest BCUT2D eigenvalue weighted by molar-refractivity contribution is 6.04. The number of carbonyl (C=O) groups is 1. The molecule has 2 aromatic rings. The number of fused-ring (bicyclic) bond motifs is 1. The van der Waals surface area contributed by atoms with Crippen LogP contribution in [0, 0.1) is 5.92 Å². The van der Waals surface area contributed by atoms with Crippen LogP contribution >= 0.6 is 0 Å². The number of nitrogens with one attached hydrogen (secondary N) is 1. The summed E-state index contributed by atoms with van der Waals surface area (Å²) in [6.45, 7) is 0. The van der Waals surface area contributed by atoms with E-state index in [9.17, 15) is 4.79 Å². The van der Waals surface area contributed by atoms with E-state index in [-0.39, 0.29) is 17.9 Å². The third-order valence-electron chi connectivity index (χ3n) is 4.53. The Bertz CT molecular complexity index is 859. The third-order valence-corrected chi connectivity index (χ3v) is 4.53. The lowest BCUT2D eigenvalue weighted by Gasteiger charge is -2.29. The van der Waals surface area contributed by atoms with Gasteiger partial charge in [0.15, 0.2) is 5.96 Å². The summed E-state index contributed by atoms with van der Waals surface area (Å²) < 4.78 is 0. The maximum Gasteiger partial charge on any atom is 0.279 e. The number of benzene rings is 2. The van der Waals surface area contributed by atoms with Crippen LogP contribution in [0.25, 0.3) is 10.8 Å². The molecule has 0 spiro atoms. The normalized spacial score (nSPS) is 19.8. The maximum atomic E-state index is 12.4. The molecular weight excluding hydrogens is 302 g/mol. The lowest BCUT2D eigenvalue weighted by Crippen LogP contribution is -2.41. The molecule has 0 saturated heterocycles. The van der Waals surface area contributed by atoms with Gasteiger partial charge in [-0.25, -0.2) is 0 Å². The Hall–Kier alpha value is -3.02. The van der Waals surface area contributed by atoms with Crippen LogP contribution in [0.3, 0.4) is 0 Å². The van der Waals surface area contributed by atoms with Crippen molar-refractivity contribution in [2.75, 3.05) is 5.01 Å². The van der Waals surface area contributed by atoms with Crippen LogP contribution in [0.15, 0.2) is 59.2 Å². The highest BCUT2D eigenvalue weighted by Crippen LogP contribution is 2.43. The highest BCUT2D eigenvalue weighted by atomic mass is 16.1. The standard InChI is InChI=1S/C18H19N5O/c19-18(20)22-17(24)14-10-21-23(16(14)12-8-9-12)15-7-3-5-11-4-1-2-6-13(11)15/h1-7,10,12,16,21H,8-9H2,(H4,19,20,22,24). The van der Waals surface area contributed by atoms with E-state index in [2.05, 4.69) is 39.7 Å². The number of amides is 1.